The van der Waals surface area contributed by atoms with E-state index < -0.39 is 18.5 Å². The number of esters is 1. The molecule has 0 aromatic heterocycles. The largest absolute Gasteiger partial charge is 0.497 e. The van der Waals surface area contributed by atoms with Crippen LogP contribution in [-0.4, -0.2) is 25.6 Å². The molecule has 7 heteroatoms. The van der Waals surface area contributed by atoms with Crippen LogP contribution in [0.3, 0.4) is 0 Å². The normalized spacial score (nSPS) is 11.0. The molecule has 0 radical (unpaired) electrons. The number of benzene rings is 3. The Morgan fingerprint density at radius 1 is 0.968 bits per heavy atom. The SMILES string of the molecule is COc1cccc(C=C(C(=O)OCC(=O)Nc2cc(Cl)ccc2Cl)c2ccccc2)c1. The van der Waals surface area contributed by atoms with E-state index in [1.807, 2.05) is 36.4 Å². The quantitative estimate of drug-likeness (QED) is 0.281. The van der Waals surface area contributed by atoms with Gasteiger partial charge in [0.25, 0.3) is 5.91 Å². The Morgan fingerprint density at radius 2 is 1.74 bits per heavy atom. The summed E-state index contributed by atoms with van der Waals surface area (Å²) in [6.45, 7) is -0.482. The molecule has 0 saturated heterocycles. The molecule has 0 saturated carbocycles. The Morgan fingerprint density at radius 3 is 2.48 bits per heavy atom. The fraction of sp³-hybridized carbons (Fsp3) is 0.0833. The van der Waals surface area contributed by atoms with Gasteiger partial charge in [0.15, 0.2) is 6.61 Å². The molecule has 1 N–H and O–H groups in total. The van der Waals surface area contributed by atoms with Gasteiger partial charge in [-0.05, 0) is 47.5 Å². The number of methoxy groups -OCH3 is 1. The number of nitrogens with one attached hydrogen (secondary N) is 1. The molecular weight excluding hydrogens is 437 g/mol. The topological polar surface area (TPSA) is 64.6 Å². The van der Waals surface area contributed by atoms with Crippen LogP contribution in [0, 0.1) is 0 Å². The Hall–Kier alpha value is -3.28. The van der Waals surface area contributed by atoms with Gasteiger partial charge in [-0.3, -0.25) is 4.79 Å². The summed E-state index contributed by atoms with van der Waals surface area (Å²) in [4.78, 5) is 25.1. The van der Waals surface area contributed by atoms with Crippen molar-refractivity contribution in [2.24, 2.45) is 0 Å². The lowest BCUT2D eigenvalue weighted by atomic mass is 10.0. The van der Waals surface area contributed by atoms with E-state index in [0.29, 0.717) is 32.6 Å². The molecule has 3 rings (SSSR count). The Labute approximate surface area is 190 Å². The van der Waals surface area contributed by atoms with Crippen molar-refractivity contribution >= 4 is 52.4 Å². The molecular formula is C24H19Cl2NO4. The van der Waals surface area contributed by atoms with Crippen molar-refractivity contribution in [1.29, 1.82) is 0 Å². The van der Waals surface area contributed by atoms with E-state index in [-0.39, 0.29) is 0 Å². The maximum atomic E-state index is 12.8. The van der Waals surface area contributed by atoms with E-state index in [2.05, 4.69) is 5.32 Å². The molecule has 0 fully saturated rings. The van der Waals surface area contributed by atoms with Crippen LogP contribution >= 0.6 is 23.2 Å². The van der Waals surface area contributed by atoms with Gasteiger partial charge in [-0.25, -0.2) is 4.79 Å². The first-order chi connectivity index (χ1) is 15.0. The van der Waals surface area contributed by atoms with Gasteiger partial charge in [0, 0.05) is 5.02 Å². The second-order valence-corrected chi connectivity index (χ2v) is 7.29. The lowest BCUT2D eigenvalue weighted by Crippen LogP contribution is -2.21. The zero-order chi connectivity index (χ0) is 22.2. The first kappa shape index (κ1) is 22.4. The van der Waals surface area contributed by atoms with E-state index in [1.165, 1.54) is 6.07 Å². The van der Waals surface area contributed by atoms with E-state index in [9.17, 15) is 9.59 Å². The second kappa shape index (κ2) is 10.7. The fourth-order valence-corrected chi connectivity index (χ4v) is 3.10. The number of carbonyl (C=O) groups is 2. The number of carbonyl (C=O) groups excluding carboxylic acids is 2. The standard InChI is InChI=1S/C24H19Cl2NO4/c1-30-19-9-5-6-16(12-19)13-20(17-7-3-2-4-8-17)24(29)31-15-23(28)27-22-14-18(25)10-11-21(22)26/h2-14H,15H2,1H3,(H,27,28). The molecule has 158 valence electrons. The summed E-state index contributed by atoms with van der Waals surface area (Å²) in [6.07, 6.45) is 1.69. The van der Waals surface area contributed by atoms with Crippen molar-refractivity contribution < 1.29 is 19.1 Å². The predicted octanol–water partition coefficient (Wildman–Crippen LogP) is 5.72. The molecule has 0 bridgehead atoms. The molecule has 1 amide bonds. The highest BCUT2D eigenvalue weighted by atomic mass is 35.5. The summed E-state index contributed by atoms with van der Waals surface area (Å²) in [5, 5.41) is 3.33. The highest BCUT2D eigenvalue weighted by Gasteiger charge is 2.16. The fourth-order valence-electron chi connectivity index (χ4n) is 2.76. The maximum absolute atomic E-state index is 12.8. The van der Waals surface area contributed by atoms with Crippen LogP contribution in [0.2, 0.25) is 10.0 Å². The monoisotopic (exact) mass is 455 g/mol. The summed E-state index contributed by atoms with van der Waals surface area (Å²) in [5.41, 5.74) is 2.06. The van der Waals surface area contributed by atoms with Crippen molar-refractivity contribution in [2.75, 3.05) is 19.0 Å². The summed E-state index contributed by atoms with van der Waals surface area (Å²) in [7, 11) is 1.57. The Balaban J connectivity index is 1.76. The molecule has 0 aliphatic rings. The minimum absolute atomic E-state index is 0.308. The van der Waals surface area contributed by atoms with Crippen LogP contribution in [0.5, 0.6) is 5.75 Å². The van der Waals surface area contributed by atoms with E-state index >= 15 is 0 Å². The van der Waals surface area contributed by atoms with Crippen LogP contribution in [0.4, 0.5) is 5.69 Å². The third-order valence-electron chi connectivity index (χ3n) is 4.25. The summed E-state index contributed by atoms with van der Waals surface area (Å²) in [6, 6.07) is 21.0. The minimum Gasteiger partial charge on any atom is -0.497 e. The highest BCUT2D eigenvalue weighted by Crippen LogP contribution is 2.26. The van der Waals surface area contributed by atoms with Gasteiger partial charge in [-0.1, -0.05) is 65.7 Å². The molecule has 0 aliphatic carbocycles. The van der Waals surface area contributed by atoms with Gasteiger partial charge in [-0.2, -0.15) is 0 Å². The number of halogens is 2. The highest BCUT2D eigenvalue weighted by molar-refractivity contribution is 6.35. The van der Waals surface area contributed by atoms with Crippen LogP contribution in [0.25, 0.3) is 11.6 Å². The first-order valence-electron chi connectivity index (χ1n) is 9.29. The van der Waals surface area contributed by atoms with Crippen LogP contribution < -0.4 is 10.1 Å². The Bertz CT molecular complexity index is 1110. The summed E-state index contributed by atoms with van der Waals surface area (Å²) in [5.74, 6) is -0.514. The third-order valence-corrected chi connectivity index (χ3v) is 4.81. The van der Waals surface area contributed by atoms with Gasteiger partial charge in [0.2, 0.25) is 0 Å². The van der Waals surface area contributed by atoms with Gasteiger partial charge in [-0.15, -0.1) is 0 Å². The molecule has 5 nitrogen and oxygen atoms in total. The average molecular weight is 456 g/mol. The number of rotatable bonds is 7. The number of anilines is 1. The molecule has 3 aromatic rings. The number of hydrogen-bond acceptors (Lipinski definition) is 4. The Kier molecular flexibility index (Phi) is 7.70. The lowest BCUT2D eigenvalue weighted by Gasteiger charge is -2.11. The molecule has 0 heterocycles. The van der Waals surface area contributed by atoms with Gasteiger partial charge < -0.3 is 14.8 Å². The minimum atomic E-state index is -0.638. The van der Waals surface area contributed by atoms with E-state index in [1.54, 1.807) is 43.5 Å². The third kappa shape index (κ3) is 6.35. The second-order valence-electron chi connectivity index (χ2n) is 6.45. The molecule has 0 unspecified atom stereocenters. The zero-order valence-corrected chi connectivity index (χ0v) is 18.1. The zero-order valence-electron chi connectivity index (χ0n) is 16.6. The van der Waals surface area contributed by atoms with Crippen LogP contribution in [0.1, 0.15) is 11.1 Å². The molecule has 31 heavy (non-hydrogen) atoms. The first-order valence-corrected chi connectivity index (χ1v) is 10.0. The lowest BCUT2D eigenvalue weighted by molar-refractivity contribution is -0.141. The van der Waals surface area contributed by atoms with Gasteiger partial charge >= 0.3 is 5.97 Å². The smallest absolute Gasteiger partial charge is 0.339 e. The molecule has 0 atom stereocenters. The number of amides is 1. The predicted molar refractivity (Wildman–Crippen MR) is 123 cm³/mol. The number of ether oxygens (including phenoxy) is 2. The van der Waals surface area contributed by atoms with Crippen molar-refractivity contribution in [3.8, 4) is 5.75 Å². The van der Waals surface area contributed by atoms with Crippen molar-refractivity contribution in [3.63, 3.8) is 0 Å². The van der Waals surface area contributed by atoms with E-state index in [0.717, 1.165) is 5.56 Å². The van der Waals surface area contributed by atoms with Gasteiger partial charge in [0.1, 0.15) is 5.75 Å². The summed E-state index contributed by atoms with van der Waals surface area (Å²) >= 11 is 12.0. The molecule has 0 spiro atoms. The average Bonchev–Trinajstić information content (AvgIpc) is 2.79. The van der Waals surface area contributed by atoms with Gasteiger partial charge in [0.05, 0.1) is 23.4 Å². The maximum Gasteiger partial charge on any atom is 0.339 e. The summed E-state index contributed by atoms with van der Waals surface area (Å²) < 4.78 is 10.5. The van der Waals surface area contributed by atoms with Crippen molar-refractivity contribution in [1.82, 2.24) is 0 Å². The molecule has 0 aliphatic heterocycles. The van der Waals surface area contributed by atoms with Crippen molar-refractivity contribution in [2.45, 2.75) is 0 Å². The van der Waals surface area contributed by atoms with Crippen LogP contribution in [-0.2, 0) is 14.3 Å². The molecule has 3 aromatic carbocycles. The van der Waals surface area contributed by atoms with Crippen molar-refractivity contribution in [3.05, 3.63) is 94.0 Å². The number of hydrogen-bond donors (Lipinski definition) is 1. The van der Waals surface area contributed by atoms with Crippen LogP contribution in [0.15, 0.2) is 72.8 Å². The van der Waals surface area contributed by atoms with E-state index in [4.69, 9.17) is 32.7 Å².